The van der Waals surface area contributed by atoms with Crippen molar-refractivity contribution in [3.63, 3.8) is 0 Å². The van der Waals surface area contributed by atoms with Crippen LogP contribution in [-0.4, -0.2) is 56.8 Å². The zero-order valence-corrected chi connectivity index (χ0v) is 23.8. The second-order valence-electron chi connectivity index (χ2n) is 9.22. The van der Waals surface area contributed by atoms with Crippen LogP contribution in [0.4, 0.5) is 11.4 Å². The van der Waals surface area contributed by atoms with Crippen molar-refractivity contribution in [1.82, 2.24) is 10.2 Å². The van der Waals surface area contributed by atoms with Crippen LogP contribution in [0.5, 0.6) is 5.75 Å². The average Bonchev–Trinajstić information content (AvgIpc) is 2.93. The Bertz CT molecular complexity index is 1510. The lowest BCUT2D eigenvalue weighted by atomic mass is 10.1. The normalized spacial score (nSPS) is 11.8. The third-order valence-electron chi connectivity index (χ3n) is 6.45. The van der Waals surface area contributed by atoms with E-state index in [9.17, 15) is 28.1 Å². The number of carbonyl (C=O) groups excluding carboxylic acids is 2. The number of carbonyl (C=O) groups is 2. The van der Waals surface area contributed by atoms with E-state index in [1.54, 1.807) is 6.92 Å². The maximum Gasteiger partial charge on any atom is 0.273 e. The molecular weight excluding hydrogens is 536 g/mol. The molecule has 11 nitrogen and oxygen atoms in total. The molecular formula is C28H32N4O7S. The van der Waals surface area contributed by atoms with Gasteiger partial charge in [-0.15, -0.1) is 0 Å². The van der Waals surface area contributed by atoms with E-state index in [4.69, 9.17) is 4.74 Å². The molecule has 12 heteroatoms. The van der Waals surface area contributed by atoms with Crippen molar-refractivity contribution in [2.75, 3.05) is 25.0 Å². The number of nitrogens with one attached hydrogen (secondary N) is 1. The number of benzene rings is 3. The number of nitro groups is 1. The van der Waals surface area contributed by atoms with Crippen molar-refractivity contribution in [3.05, 3.63) is 93.5 Å². The summed E-state index contributed by atoms with van der Waals surface area (Å²) in [6.45, 7) is 4.35. The highest BCUT2D eigenvalue weighted by molar-refractivity contribution is 7.92. The molecule has 0 bridgehead atoms. The minimum absolute atomic E-state index is 0.0571. The van der Waals surface area contributed by atoms with E-state index in [0.717, 1.165) is 21.5 Å². The van der Waals surface area contributed by atoms with Crippen LogP contribution >= 0.6 is 0 Å². The fraction of sp³-hybridized carbons (Fsp3) is 0.286. The number of rotatable bonds is 11. The average molecular weight is 569 g/mol. The smallest absolute Gasteiger partial charge is 0.273 e. The topological polar surface area (TPSA) is 139 Å². The van der Waals surface area contributed by atoms with Crippen LogP contribution in [0, 0.1) is 24.0 Å². The van der Waals surface area contributed by atoms with Gasteiger partial charge in [-0.3, -0.25) is 24.0 Å². The summed E-state index contributed by atoms with van der Waals surface area (Å²) in [5.74, 6) is -0.597. The van der Waals surface area contributed by atoms with Gasteiger partial charge in [-0.05, 0) is 56.7 Å². The Labute approximate surface area is 233 Å². The van der Waals surface area contributed by atoms with E-state index in [2.05, 4.69) is 5.32 Å². The van der Waals surface area contributed by atoms with Gasteiger partial charge in [-0.1, -0.05) is 35.9 Å². The van der Waals surface area contributed by atoms with Gasteiger partial charge in [0.05, 0.1) is 22.6 Å². The summed E-state index contributed by atoms with van der Waals surface area (Å²) in [6.07, 6.45) is 0. The second kappa shape index (κ2) is 12.6. The minimum Gasteiger partial charge on any atom is -0.497 e. The van der Waals surface area contributed by atoms with E-state index in [1.807, 2.05) is 31.2 Å². The van der Waals surface area contributed by atoms with Gasteiger partial charge in [-0.2, -0.15) is 0 Å². The Morgan fingerprint density at radius 1 is 1.05 bits per heavy atom. The molecule has 0 spiro atoms. The summed E-state index contributed by atoms with van der Waals surface area (Å²) in [4.78, 5) is 38.2. The quantitative estimate of drug-likeness (QED) is 0.276. The number of anilines is 1. The van der Waals surface area contributed by atoms with Gasteiger partial charge in [-0.25, -0.2) is 8.42 Å². The highest BCUT2D eigenvalue weighted by Crippen LogP contribution is 2.29. The lowest BCUT2D eigenvalue weighted by molar-refractivity contribution is -0.385. The van der Waals surface area contributed by atoms with Gasteiger partial charge in [0.2, 0.25) is 11.8 Å². The first kappa shape index (κ1) is 30.1. The number of ether oxygens (including phenoxy) is 1. The molecule has 2 amide bonds. The van der Waals surface area contributed by atoms with Crippen molar-refractivity contribution in [2.24, 2.45) is 0 Å². The predicted octanol–water partition coefficient (Wildman–Crippen LogP) is 3.58. The molecule has 1 N–H and O–H groups in total. The number of sulfonamides is 1. The maximum absolute atomic E-state index is 13.9. The first-order valence-corrected chi connectivity index (χ1v) is 13.8. The zero-order valence-electron chi connectivity index (χ0n) is 23.0. The molecule has 0 unspecified atom stereocenters. The van der Waals surface area contributed by atoms with Crippen LogP contribution in [0.15, 0.2) is 71.6 Å². The van der Waals surface area contributed by atoms with Gasteiger partial charge >= 0.3 is 0 Å². The SMILES string of the molecule is CNC(=O)[C@@H](C)N(Cc1cccc(C)c1)C(=O)CN(c1ccc(OC)cc1)S(=O)(=O)c1ccc(C)c([N+](=O)[O-])c1. The molecule has 0 aliphatic heterocycles. The minimum atomic E-state index is -4.47. The molecule has 0 aromatic heterocycles. The monoisotopic (exact) mass is 568 g/mol. The number of methoxy groups -OCH3 is 1. The van der Waals surface area contributed by atoms with Gasteiger partial charge in [0, 0.05) is 25.2 Å². The Kier molecular flexibility index (Phi) is 9.48. The largest absolute Gasteiger partial charge is 0.497 e. The summed E-state index contributed by atoms with van der Waals surface area (Å²) in [6, 6.07) is 16.1. The third-order valence-corrected chi connectivity index (χ3v) is 8.22. The number of aryl methyl sites for hydroxylation is 2. The van der Waals surface area contributed by atoms with E-state index in [0.29, 0.717) is 11.3 Å². The zero-order chi connectivity index (χ0) is 29.6. The van der Waals surface area contributed by atoms with Crippen LogP contribution in [0.3, 0.4) is 0 Å². The molecule has 3 aromatic rings. The fourth-order valence-corrected chi connectivity index (χ4v) is 5.58. The van der Waals surface area contributed by atoms with Gasteiger partial charge in [0.25, 0.3) is 15.7 Å². The van der Waals surface area contributed by atoms with Crippen molar-refractivity contribution in [1.29, 1.82) is 0 Å². The lowest BCUT2D eigenvalue weighted by Crippen LogP contribution is -2.50. The van der Waals surface area contributed by atoms with E-state index >= 15 is 0 Å². The summed E-state index contributed by atoms with van der Waals surface area (Å²) in [5, 5.41) is 14.1. The summed E-state index contributed by atoms with van der Waals surface area (Å²) < 4.78 is 33.9. The van der Waals surface area contributed by atoms with Gasteiger partial charge < -0.3 is 15.0 Å². The van der Waals surface area contributed by atoms with Crippen molar-refractivity contribution in [3.8, 4) is 5.75 Å². The summed E-state index contributed by atoms with van der Waals surface area (Å²) >= 11 is 0. The Morgan fingerprint density at radius 3 is 2.30 bits per heavy atom. The molecule has 40 heavy (non-hydrogen) atoms. The van der Waals surface area contributed by atoms with Crippen LogP contribution in [0.2, 0.25) is 0 Å². The Balaban J connectivity index is 2.09. The second-order valence-corrected chi connectivity index (χ2v) is 11.1. The molecule has 0 aliphatic carbocycles. The van der Waals surface area contributed by atoms with Crippen molar-refractivity contribution < 1.29 is 27.7 Å². The Hall–Kier alpha value is -4.45. The molecule has 212 valence electrons. The van der Waals surface area contributed by atoms with Crippen LogP contribution in [0.25, 0.3) is 0 Å². The Morgan fingerprint density at radius 2 is 1.73 bits per heavy atom. The van der Waals surface area contributed by atoms with Crippen LogP contribution in [0.1, 0.15) is 23.6 Å². The molecule has 0 heterocycles. The molecule has 0 saturated carbocycles. The number of amides is 2. The highest BCUT2D eigenvalue weighted by Gasteiger charge is 2.33. The number of hydrogen-bond acceptors (Lipinski definition) is 7. The summed E-state index contributed by atoms with van der Waals surface area (Å²) in [7, 11) is -1.56. The van der Waals surface area contributed by atoms with E-state index < -0.39 is 39.3 Å². The van der Waals surface area contributed by atoms with Gasteiger partial charge in [0.1, 0.15) is 18.3 Å². The molecule has 3 rings (SSSR count). The lowest BCUT2D eigenvalue weighted by Gasteiger charge is -2.31. The van der Waals surface area contributed by atoms with Crippen LogP contribution in [-0.2, 0) is 26.2 Å². The van der Waals surface area contributed by atoms with Crippen molar-refractivity contribution in [2.45, 2.75) is 38.3 Å². The third kappa shape index (κ3) is 6.75. The predicted molar refractivity (Wildman–Crippen MR) is 151 cm³/mol. The highest BCUT2D eigenvalue weighted by atomic mass is 32.2. The van der Waals surface area contributed by atoms with E-state index in [1.165, 1.54) is 62.4 Å². The molecule has 0 fully saturated rings. The maximum atomic E-state index is 13.9. The number of likely N-dealkylation sites (N-methyl/N-ethyl adjacent to an activating group) is 1. The van der Waals surface area contributed by atoms with Crippen molar-refractivity contribution >= 4 is 33.2 Å². The molecule has 0 radical (unpaired) electrons. The first-order chi connectivity index (χ1) is 18.9. The molecule has 0 saturated heterocycles. The standard InChI is InChI=1S/C28H32N4O7S/c1-19-7-6-8-22(15-19)17-30(21(3)28(34)29-4)27(33)18-31(23-10-12-24(39-5)13-11-23)40(37,38)25-14-9-20(2)26(16-25)32(35)36/h6-16,21H,17-18H2,1-5H3,(H,29,34)/t21-/m1/s1. The number of nitro benzene ring substituents is 1. The summed E-state index contributed by atoms with van der Waals surface area (Å²) in [5.41, 5.74) is 1.79. The number of nitrogens with zero attached hydrogens (tertiary/aromatic N) is 3. The molecule has 1 atom stereocenters. The van der Waals surface area contributed by atoms with Crippen LogP contribution < -0.4 is 14.4 Å². The first-order valence-electron chi connectivity index (χ1n) is 12.4. The number of hydrogen-bond donors (Lipinski definition) is 1. The molecule has 0 aliphatic rings. The van der Waals surface area contributed by atoms with Gasteiger partial charge in [0.15, 0.2) is 0 Å². The van der Waals surface area contributed by atoms with E-state index in [-0.39, 0.29) is 22.8 Å². The fourth-order valence-electron chi connectivity index (χ4n) is 4.15. The molecule has 3 aromatic carbocycles.